The maximum Gasteiger partial charge on any atom is 0.333 e. The van der Waals surface area contributed by atoms with Crippen LogP contribution in [0.5, 0.6) is 0 Å². The number of pyridine rings is 4. The van der Waals surface area contributed by atoms with Gasteiger partial charge in [-0.15, -0.1) is 0 Å². The molecule has 0 radical (unpaired) electrons. The Hall–Kier alpha value is -11.6. The van der Waals surface area contributed by atoms with Crippen molar-refractivity contribution in [3.05, 3.63) is 385 Å². The Morgan fingerprint density at radius 1 is 0.234 bits per heavy atom. The van der Waals surface area contributed by atoms with E-state index in [1.807, 2.05) is 0 Å². The van der Waals surface area contributed by atoms with Crippen LogP contribution in [0.25, 0.3) is 45.0 Å². The summed E-state index contributed by atoms with van der Waals surface area (Å²) in [7, 11) is -2.11. The molecule has 16 heteroatoms. The lowest BCUT2D eigenvalue weighted by Crippen LogP contribution is -2.48. The SMILES string of the molecule is CC(C)c1cc2c3[n+](c1)Cc1cccc(c1-3)B1N2c2ccccc2P1c1ccccc1.CC(C)c1cc2c3c(c1)B1N(c4ccccc4P1c1ccccc1)c1ccc[n+](c1-3)C2.CC(C)c1ccc(P2B3c4cccc5c4-c4c(ccc[n+]4C5)N3c3ccccc32)cc1.CC(C)c1ccc2c(c1)N1B(c3cccc4c3-c3c1ccc[n+]3C4)P2c1ccccc1. The second-order valence-corrected chi connectivity index (χ2v) is 45.3. The van der Waals surface area contributed by atoms with E-state index in [1.165, 1.54) is 199 Å². The average molecular weight is 1670 g/mol. The van der Waals surface area contributed by atoms with Gasteiger partial charge in [-0.05, 0) is 190 Å². The van der Waals surface area contributed by atoms with Crippen LogP contribution in [0.15, 0.2) is 340 Å². The second-order valence-electron chi connectivity index (χ2n) is 36.4. The Labute approximate surface area is 734 Å². The quantitative estimate of drug-likeness (QED) is 0.0861. The summed E-state index contributed by atoms with van der Waals surface area (Å²) in [6.07, 6.45) is 9.11. The van der Waals surface area contributed by atoms with Crippen molar-refractivity contribution in [3.63, 3.8) is 0 Å². The van der Waals surface area contributed by atoms with Crippen molar-refractivity contribution in [2.75, 3.05) is 19.2 Å². The van der Waals surface area contributed by atoms with Gasteiger partial charge in [0.05, 0.1) is 22.3 Å². The summed E-state index contributed by atoms with van der Waals surface area (Å²) < 4.78 is 9.82. The minimum absolute atomic E-state index is 0.351. The van der Waals surface area contributed by atoms with Crippen LogP contribution in [0.3, 0.4) is 0 Å². The van der Waals surface area contributed by atoms with Crippen LogP contribution < -0.4 is 102 Å². The van der Waals surface area contributed by atoms with Crippen LogP contribution in [0.2, 0.25) is 0 Å². The van der Waals surface area contributed by atoms with Crippen LogP contribution in [0, 0.1) is 0 Å². The Balaban J connectivity index is 0.0000000906. The van der Waals surface area contributed by atoms with Gasteiger partial charge in [0.2, 0.25) is 22.8 Å². The van der Waals surface area contributed by atoms with Crippen molar-refractivity contribution >= 4 is 167 Å². The van der Waals surface area contributed by atoms with Gasteiger partial charge in [-0.25, -0.2) is 0 Å². The van der Waals surface area contributed by atoms with E-state index in [4.69, 9.17) is 0 Å². The van der Waals surface area contributed by atoms with Crippen LogP contribution in [0.1, 0.15) is 124 Å². The number of anilines is 8. The monoisotopic (exact) mass is 1670 g/mol. The number of para-hydroxylation sites is 3. The number of fused-ring (bicyclic) bond motifs is 20. The van der Waals surface area contributed by atoms with E-state index >= 15 is 0 Å². The van der Waals surface area contributed by atoms with Gasteiger partial charge in [0.15, 0.2) is 51.0 Å². The molecule has 0 aliphatic carbocycles. The van der Waals surface area contributed by atoms with Gasteiger partial charge in [0, 0.05) is 68.8 Å². The highest BCUT2D eigenvalue weighted by molar-refractivity contribution is 8.05. The third-order valence-corrected chi connectivity index (χ3v) is 39.2. The fraction of sp³-hybridized carbons (Fsp3) is 0.148. The largest absolute Gasteiger partial charge is 0.371 e. The van der Waals surface area contributed by atoms with Crippen molar-refractivity contribution in [1.29, 1.82) is 0 Å². The first-order valence-corrected chi connectivity index (χ1v) is 50.2. The fourth-order valence-corrected chi connectivity index (χ4v) is 34.5. The number of rotatable bonds is 8. The topological polar surface area (TPSA) is 28.5 Å². The molecular formula is C108H92B4N8P4+4. The van der Waals surface area contributed by atoms with E-state index in [0.717, 1.165) is 26.2 Å². The fourth-order valence-electron chi connectivity index (χ4n) is 22.7. The van der Waals surface area contributed by atoms with Crippen LogP contribution in [0.4, 0.5) is 45.5 Å². The van der Waals surface area contributed by atoms with Crippen LogP contribution in [-0.4, -0.2) is 26.3 Å². The summed E-state index contributed by atoms with van der Waals surface area (Å²) in [5.41, 5.74) is 40.2. The van der Waals surface area contributed by atoms with Crippen molar-refractivity contribution in [1.82, 2.24) is 0 Å². The highest BCUT2D eigenvalue weighted by Crippen LogP contribution is 2.61. The van der Waals surface area contributed by atoms with Crippen molar-refractivity contribution < 1.29 is 18.3 Å². The molecule has 592 valence electrons. The Bertz CT molecular complexity index is 7150. The molecule has 4 aromatic heterocycles. The van der Waals surface area contributed by atoms with Gasteiger partial charge in [-0.1, -0.05) is 298 Å². The van der Waals surface area contributed by atoms with Gasteiger partial charge in [0.25, 0.3) is 0 Å². The summed E-state index contributed by atoms with van der Waals surface area (Å²) in [6.45, 7) is 23.7. The third kappa shape index (κ3) is 11.1. The van der Waals surface area contributed by atoms with Gasteiger partial charge < -0.3 is 19.2 Å². The molecule has 4 atom stereocenters. The van der Waals surface area contributed by atoms with E-state index in [-0.39, 0.29) is 0 Å². The second kappa shape index (κ2) is 29.0. The molecule has 4 unspecified atom stereocenters. The molecule has 124 heavy (non-hydrogen) atoms. The Morgan fingerprint density at radius 3 is 0.984 bits per heavy atom. The first-order chi connectivity index (χ1) is 60.9. The molecule has 12 aliphatic heterocycles. The summed E-state index contributed by atoms with van der Waals surface area (Å²) in [6, 6.07) is 120. The molecule has 0 bridgehead atoms. The van der Waals surface area contributed by atoms with E-state index in [0.29, 0.717) is 49.9 Å². The summed E-state index contributed by atoms with van der Waals surface area (Å²) in [5.74, 6) is 2.11. The molecule has 0 N–H and O–H groups in total. The zero-order valence-corrected chi connectivity index (χ0v) is 74.7. The molecule has 0 amide bonds. The first-order valence-electron chi connectivity index (χ1n) is 44.6. The Kier molecular flexibility index (Phi) is 17.5. The molecule has 16 heterocycles. The zero-order chi connectivity index (χ0) is 82.8. The number of hydrogen-bond acceptors (Lipinski definition) is 4. The predicted octanol–water partition coefficient (Wildman–Crippen LogP) is 17.7. The third-order valence-electron chi connectivity index (χ3n) is 28.2. The zero-order valence-electron chi connectivity index (χ0n) is 71.1. The summed E-state index contributed by atoms with van der Waals surface area (Å²) in [5, 5.41) is 11.9. The van der Waals surface area contributed by atoms with Gasteiger partial charge >= 0.3 is 26.3 Å². The minimum Gasteiger partial charge on any atom is -0.371 e. The highest BCUT2D eigenvalue weighted by Gasteiger charge is 2.58. The maximum absolute atomic E-state index is 2.67. The summed E-state index contributed by atoms with van der Waals surface area (Å²) in [4.78, 5) is 10.6. The number of aromatic nitrogens is 4. The first kappa shape index (κ1) is 75.0. The molecule has 16 aromatic rings. The molecule has 0 saturated carbocycles. The van der Waals surface area contributed by atoms with Gasteiger partial charge in [0.1, 0.15) is 22.7 Å². The molecule has 0 fully saturated rings. The van der Waals surface area contributed by atoms with Crippen LogP contribution in [-0.2, 0) is 26.2 Å². The lowest BCUT2D eigenvalue weighted by molar-refractivity contribution is -0.672. The number of benzene rings is 12. The molecule has 0 spiro atoms. The molecular weight excluding hydrogens is 1580 g/mol. The van der Waals surface area contributed by atoms with E-state index in [9.17, 15) is 0 Å². The van der Waals surface area contributed by atoms with Crippen molar-refractivity contribution in [2.45, 2.75) is 105 Å². The van der Waals surface area contributed by atoms with Gasteiger partial charge in [-0.2, -0.15) is 18.3 Å². The number of nitrogens with zero attached hydrogens (tertiary/aromatic N) is 8. The molecule has 8 nitrogen and oxygen atoms in total. The molecule has 12 aromatic carbocycles. The smallest absolute Gasteiger partial charge is 0.333 e. The molecule has 0 saturated heterocycles. The predicted molar refractivity (Wildman–Crippen MR) is 527 cm³/mol. The molecule has 12 aliphatic rings. The maximum atomic E-state index is 2.67. The lowest BCUT2D eigenvalue weighted by atomic mass is 9.68. The van der Waals surface area contributed by atoms with E-state index < -0.39 is 31.2 Å². The standard InChI is InChI=1S/4C27H23BN2P/c1-18(2)19-12-14-21(15-13-19)31-25-11-4-3-9-23(25)30-24-10-6-16-29-17-20-7-5-8-22(28(30)31)26(20)27(24)29;1-18(2)19-13-14-25-24(16-19)30-23-12-7-15-29-17-20-8-6-11-22(26(20)27(23)29)28(30)31(25)21-9-4-3-5-10-21;1-18(2)20-15-24-27-26-19(16-29(27)17-20)9-8-12-22(26)28-30(24)23-13-6-7-14-25(23)31(28)21-10-4-3-5-11-21;1-18(2)19-15-20-17-29-14-8-12-24-27(29)26(20)22(16-19)28-30(24)23-11-6-7-13-25(23)31(28)21-9-4-3-5-10-21/h2*3-16,18H,17H2,1-2H3;3-15,17-18H,16H2,1-2H3;3-16,18H,17H2,1-2H3/q4*+1. The van der Waals surface area contributed by atoms with Crippen molar-refractivity contribution in [3.8, 4) is 45.0 Å². The highest BCUT2D eigenvalue weighted by atomic mass is 31.1. The Morgan fingerprint density at radius 2 is 0.556 bits per heavy atom. The van der Waals surface area contributed by atoms with Crippen molar-refractivity contribution in [2.24, 2.45) is 0 Å². The number of hydrogen-bond donors (Lipinski definition) is 0. The van der Waals surface area contributed by atoms with E-state index in [1.54, 1.807) is 0 Å². The lowest BCUT2D eigenvalue weighted by Gasteiger charge is -2.33. The van der Waals surface area contributed by atoms with Crippen LogP contribution >= 0.6 is 31.2 Å². The molecule has 28 rings (SSSR count). The summed E-state index contributed by atoms with van der Waals surface area (Å²) >= 11 is 0. The average Bonchev–Trinajstić information content (AvgIpc) is 1.55. The minimum atomic E-state index is -0.529. The normalized spacial score (nSPS) is 17.1. The van der Waals surface area contributed by atoms with E-state index in [2.05, 4.69) is 433 Å². The van der Waals surface area contributed by atoms with Gasteiger partial charge in [-0.3, -0.25) is 0 Å².